The number of carbonyl (C=O) groups excluding carboxylic acids is 2. The summed E-state index contributed by atoms with van der Waals surface area (Å²) in [6.45, 7) is 6.29. The Bertz CT molecular complexity index is 570. The fourth-order valence-corrected chi connectivity index (χ4v) is 2.01. The number of benzene rings is 1. The number of unbranched alkanes of at least 4 members (excludes halogenated alkanes) is 3. The van der Waals surface area contributed by atoms with Gasteiger partial charge in [0, 0.05) is 17.7 Å². The molecule has 0 radical (unpaired) electrons. The van der Waals surface area contributed by atoms with Gasteiger partial charge in [-0.3, -0.25) is 4.79 Å². The molecule has 6 nitrogen and oxygen atoms in total. The van der Waals surface area contributed by atoms with E-state index in [1.54, 1.807) is 38.4 Å². The van der Waals surface area contributed by atoms with Crippen molar-refractivity contribution < 1.29 is 23.8 Å². The van der Waals surface area contributed by atoms with Crippen LogP contribution in [-0.2, 0) is 9.63 Å². The van der Waals surface area contributed by atoms with Crippen LogP contribution in [0.2, 0.25) is 0 Å². The Hall–Kier alpha value is -1.92. The van der Waals surface area contributed by atoms with Crippen LogP contribution in [0.5, 0.6) is 5.75 Å². The Morgan fingerprint density at radius 2 is 1.88 bits per heavy atom. The molecule has 0 heterocycles. The minimum Gasteiger partial charge on any atom is -0.378 e. The van der Waals surface area contributed by atoms with Crippen LogP contribution in [-0.4, -0.2) is 37.3 Å². The lowest BCUT2D eigenvalue weighted by molar-refractivity contribution is -1.02. The van der Waals surface area contributed by atoms with Gasteiger partial charge >= 0.3 is 6.09 Å². The third kappa shape index (κ3) is 7.67. The molecule has 0 bridgehead atoms. The molecule has 1 aromatic rings. The van der Waals surface area contributed by atoms with Crippen molar-refractivity contribution in [2.24, 2.45) is 5.92 Å². The fraction of sp³-hybridized carbons (Fsp3) is 0.579. The molecular weight excluding hydrogens is 320 g/mol. The lowest BCUT2D eigenvalue weighted by atomic mass is 10.2. The maximum atomic E-state index is 12.3. The average molecular weight is 351 g/mol. The number of ether oxygens (including phenoxy) is 1. The van der Waals surface area contributed by atoms with E-state index in [2.05, 4.69) is 12.2 Å². The zero-order valence-electron chi connectivity index (χ0n) is 16.0. The molecule has 25 heavy (non-hydrogen) atoms. The summed E-state index contributed by atoms with van der Waals surface area (Å²) in [7, 11) is 3.29. The summed E-state index contributed by atoms with van der Waals surface area (Å²) in [4.78, 5) is 29.7. The molecule has 1 rings (SSSR count). The van der Waals surface area contributed by atoms with Gasteiger partial charge in [0.15, 0.2) is 0 Å². The minimum atomic E-state index is -0.511. The first kappa shape index (κ1) is 21.1. The summed E-state index contributed by atoms with van der Waals surface area (Å²) >= 11 is 0. The fourth-order valence-electron chi connectivity index (χ4n) is 2.01. The van der Waals surface area contributed by atoms with Gasteiger partial charge in [-0.2, -0.15) is 9.63 Å². The van der Waals surface area contributed by atoms with E-state index in [1.807, 2.05) is 13.8 Å². The molecule has 1 N–H and O–H groups in total. The SMILES string of the molecule is CCCCCCO[N+](C)(C)C(=O)Oc1cccc(NC(=O)C(C)C)c1. The van der Waals surface area contributed by atoms with E-state index < -0.39 is 6.09 Å². The first-order chi connectivity index (χ1) is 11.8. The number of quaternary nitrogens is 1. The monoisotopic (exact) mass is 351 g/mol. The lowest BCUT2D eigenvalue weighted by Gasteiger charge is -2.22. The molecule has 1 aromatic carbocycles. The number of rotatable bonds is 9. The first-order valence-corrected chi connectivity index (χ1v) is 8.88. The lowest BCUT2D eigenvalue weighted by Crippen LogP contribution is -2.47. The summed E-state index contributed by atoms with van der Waals surface area (Å²) in [5.41, 5.74) is 0.592. The average Bonchev–Trinajstić information content (AvgIpc) is 2.54. The summed E-state index contributed by atoms with van der Waals surface area (Å²) < 4.78 is 5.09. The topological polar surface area (TPSA) is 64.6 Å². The second-order valence-corrected chi connectivity index (χ2v) is 6.78. The molecule has 0 spiro atoms. The van der Waals surface area contributed by atoms with Crippen molar-refractivity contribution in [3.63, 3.8) is 0 Å². The zero-order valence-corrected chi connectivity index (χ0v) is 16.0. The summed E-state index contributed by atoms with van der Waals surface area (Å²) in [5.74, 6) is 0.158. The van der Waals surface area contributed by atoms with Crippen LogP contribution in [0.25, 0.3) is 0 Å². The van der Waals surface area contributed by atoms with Crippen LogP contribution >= 0.6 is 0 Å². The normalized spacial score (nSPS) is 11.4. The summed E-state index contributed by atoms with van der Waals surface area (Å²) in [6, 6.07) is 6.77. The number of amides is 2. The van der Waals surface area contributed by atoms with E-state index in [0.717, 1.165) is 25.7 Å². The van der Waals surface area contributed by atoms with Crippen molar-refractivity contribution >= 4 is 17.7 Å². The molecule has 2 amide bonds. The van der Waals surface area contributed by atoms with Crippen LogP contribution < -0.4 is 10.1 Å². The van der Waals surface area contributed by atoms with E-state index >= 15 is 0 Å². The summed E-state index contributed by atoms with van der Waals surface area (Å²) in [5, 5.41) is 2.78. The molecule has 0 aliphatic carbocycles. The van der Waals surface area contributed by atoms with Gasteiger partial charge in [-0.05, 0) is 18.6 Å². The Morgan fingerprint density at radius 3 is 2.52 bits per heavy atom. The van der Waals surface area contributed by atoms with Crippen molar-refractivity contribution in [3.05, 3.63) is 24.3 Å². The Kier molecular flexibility index (Phi) is 8.58. The van der Waals surface area contributed by atoms with Gasteiger partial charge in [-0.15, -0.1) is 0 Å². The van der Waals surface area contributed by atoms with Crippen LogP contribution in [0, 0.1) is 5.92 Å². The molecular formula is C19H31N2O4+. The molecule has 0 aromatic heterocycles. The molecule has 0 saturated carbocycles. The molecule has 0 saturated heterocycles. The van der Waals surface area contributed by atoms with Gasteiger partial charge in [0.2, 0.25) is 5.91 Å². The van der Waals surface area contributed by atoms with Gasteiger partial charge in [-0.25, -0.2) is 0 Å². The van der Waals surface area contributed by atoms with Crippen molar-refractivity contribution in [1.82, 2.24) is 0 Å². The van der Waals surface area contributed by atoms with E-state index in [1.165, 1.54) is 0 Å². The zero-order chi connectivity index (χ0) is 18.9. The van der Waals surface area contributed by atoms with Crippen LogP contribution in [0.4, 0.5) is 10.5 Å². The number of nitrogens with one attached hydrogen (secondary N) is 1. The van der Waals surface area contributed by atoms with Crippen molar-refractivity contribution in [1.29, 1.82) is 0 Å². The van der Waals surface area contributed by atoms with Crippen LogP contribution in [0.1, 0.15) is 46.5 Å². The molecule has 0 atom stereocenters. The third-order valence-corrected chi connectivity index (χ3v) is 3.68. The Morgan fingerprint density at radius 1 is 1.16 bits per heavy atom. The highest BCUT2D eigenvalue weighted by Gasteiger charge is 2.31. The van der Waals surface area contributed by atoms with Crippen LogP contribution in [0.3, 0.4) is 0 Å². The van der Waals surface area contributed by atoms with Crippen molar-refractivity contribution in [3.8, 4) is 5.75 Å². The van der Waals surface area contributed by atoms with E-state index in [0.29, 0.717) is 18.0 Å². The summed E-state index contributed by atoms with van der Waals surface area (Å²) in [6.07, 6.45) is 3.81. The maximum Gasteiger partial charge on any atom is 0.554 e. The molecule has 140 valence electrons. The molecule has 0 aliphatic heterocycles. The largest absolute Gasteiger partial charge is 0.554 e. The van der Waals surface area contributed by atoms with Crippen molar-refractivity contribution in [2.45, 2.75) is 46.5 Å². The highest BCUT2D eigenvalue weighted by molar-refractivity contribution is 5.92. The number of hydrogen-bond acceptors (Lipinski definition) is 4. The number of anilines is 1. The third-order valence-electron chi connectivity index (χ3n) is 3.68. The molecule has 0 aliphatic rings. The quantitative estimate of drug-likeness (QED) is 0.408. The van der Waals surface area contributed by atoms with E-state index in [4.69, 9.17) is 9.57 Å². The van der Waals surface area contributed by atoms with Gasteiger partial charge in [0.25, 0.3) is 0 Å². The highest BCUT2D eigenvalue weighted by Crippen LogP contribution is 2.20. The van der Waals surface area contributed by atoms with Gasteiger partial charge in [-0.1, -0.05) is 50.7 Å². The van der Waals surface area contributed by atoms with Gasteiger partial charge < -0.3 is 10.1 Å². The van der Waals surface area contributed by atoms with Gasteiger partial charge in [0.05, 0.1) is 0 Å². The first-order valence-electron chi connectivity index (χ1n) is 8.88. The Labute approximate surface area is 150 Å². The van der Waals surface area contributed by atoms with Crippen LogP contribution in [0.15, 0.2) is 24.3 Å². The standard InChI is InChI=1S/C19H30N2O4/c1-6-7-8-9-13-24-21(4,5)19(23)25-17-12-10-11-16(14-17)20-18(22)15(2)3/h10-12,14-15H,6-9,13H2,1-5H3/p+1. The molecule has 0 unspecified atom stereocenters. The minimum absolute atomic E-state index is 0.0880. The number of hydroxylamine groups is 3. The molecule has 6 heteroatoms. The second-order valence-electron chi connectivity index (χ2n) is 6.78. The number of carbonyl (C=O) groups is 2. The van der Waals surface area contributed by atoms with E-state index in [9.17, 15) is 9.59 Å². The van der Waals surface area contributed by atoms with Gasteiger partial charge in [0.1, 0.15) is 26.5 Å². The Balaban J connectivity index is 2.59. The predicted molar refractivity (Wildman–Crippen MR) is 98.1 cm³/mol. The van der Waals surface area contributed by atoms with Crippen molar-refractivity contribution in [2.75, 3.05) is 26.0 Å². The van der Waals surface area contributed by atoms with E-state index in [-0.39, 0.29) is 16.5 Å². The maximum absolute atomic E-state index is 12.3. The molecule has 0 fully saturated rings. The smallest absolute Gasteiger partial charge is 0.378 e. The number of nitrogens with zero attached hydrogens (tertiary/aromatic N) is 1. The predicted octanol–water partition coefficient (Wildman–Crippen LogP) is 4.37. The second kappa shape index (κ2) is 10.2. The highest BCUT2D eigenvalue weighted by atomic mass is 16.8. The number of hydrogen-bond donors (Lipinski definition) is 1.